The van der Waals surface area contributed by atoms with E-state index in [0.29, 0.717) is 17.5 Å². The number of halogens is 1. The lowest BCUT2D eigenvalue weighted by Gasteiger charge is -2.19. The van der Waals surface area contributed by atoms with Gasteiger partial charge in [-0.1, -0.05) is 53.6 Å². The van der Waals surface area contributed by atoms with Gasteiger partial charge in [-0.25, -0.2) is 4.79 Å². The average molecular weight is 329 g/mol. The van der Waals surface area contributed by atoms with Crippen LogP contribution in [-0.2, 0) is 6.54 Å². The molecule has 0 unspecified atom stereocenters. The van der Waals surface area contributed by atoms with Gasteiger partial charge >= 0.3 is 6.03 Å². The second kappa shape index (κ2) is 7.05. The van der Waals surface area contributed by atoms with Gasteiger partial charge in [-0.3, -0.25) is 0 Å². The summed E-state index contributed by atoms with van der Waals surface area (Å²) in [6, 6.07) is 15.8. The highest BCUT2D eigenvalue weighted by molar-refractivity contribution is 6.30. The Labute approximate surface area is 142 Å². The molecule has 3 rings (SSSR count). The van der Waals surface area contributed by atoms with Crippen LogP contribution >= 0.6 is 11.6 Å². The molecule has 1 aliphatic rings. The number of nitrogens with one attached hydrogen (secondary N) is 2. The molecule has 1 saturated carbocycles. The minimum Gasteiger partial charge on any atom is -0.334 e. The Morgan fingerprint density at radius 1 is 1.13 bits per heavy atom. The van der Waals surface area contributed by atoms with Crippen molar-refractivity contribution >= 4 is 17.6 Å². The van der Waals surface area contributed by atoms with Crippen LogP contribution in [0.1, 0.15) is 35.6 Å². The molecule has 0 spiro atoms. The molecule has 3 nitrogen and oxygen atoms in total. The first-order chi connectivity index (χ1) is 11.1. The molecule has 2 amide bonds. The number of hydrogen-bond acceptors (Lipinski definition) is 1. The second-order valence-corrected chi connectivity index (χ2v) is 6.62. The first-order valence-corrected chi connectivity index (χ1v) is 8.35. The number of aryl methyl sites for hydroxylation is 1. The number of urea groups is 1. The smallest absolute Gasteiger partial charge is 0.315 e. The van der Waals surface area contributed by atoms with Crippen LogP contribution in [0.4, 0.5) is 4.79 Å². The molecule has 0 saturated heterocycles. The van der Waals surface area contributed by atoms with Crippen molar-refractivity contribution in [3.8, 4) is 0 Å². The highest BCUT2D eigenvalue weighted by Gasteiger charge is 2.33. The lowest BCUT2D eigenvalue weighted by Crippen LogP contribution is -2.38. The van der Waals surface area contributed by atoms with Crippen molar-refractivity contribution in [3.63, 3.8) is 0 Å². The Balaban J connectivity index is 1.58. The molecule has 120 valence electrons. The van der Waals surface area contributed by atoms with E-state index in [0.717, 1.165) is 24.0 Å². The van der Waals surface area contributed by atoms with Crippen molar-refractivity contribution in [2.24, 2.45) is 5.92 Å². The number of rotatable bonds is 5. The molecule has 0 bridgehead atoms. The van der Waals surface area contributed by atoms with Crippen molar-refractivity contribution in [2.45, 2.75) is 32.4 Å². The fourth-order valence-corrected chi connectivity index (χ4v) is 2.78. The summed E-state index contributed by atoms with van der Waals surface area (Å²) in [6.07, 6.45) is 2.32. The van der Waals surface area contributed by atoms with Gasteiger partial charge in [-0.05, 0) is 48.9 Å². The summed E-state index contributed by atoms with van der Waals surface area (Å²) in [4.78, 5) is 12.2. The second-order valence-electron chi connectivity index (χ2n) is 6.18. The molecule has 2 N–H and O–H groups in total. The van der Waals surface area contributed by atoms with Crippen LogP contribution in [0.15, 0.2) is 48.5 Å². The summed E-state index contributed by atoms with van der Waals surface area (Å²) in [5.41, 5.74) is 3.43. The van der Waals surface area contributed by atoms with Crippen molar-refractivity contribution < 1.29 is 4.79 Å². The summed E-state index contributed by atoms with van der Waals surface area (Å²) in [5.74, 6) is 0.529. The van der Waals surface area contributed by atoms with Gasteiger partial charge in [-0.15, -0.1) is 0 Å². The highest BCUT2D eigenvalue weighted by atomic mass is 35.5. The molecule has 1 atom stereocenters. The van der Waals surface area contributed by atoms with E-state index in [1.165, 1.54) is 5.56 Å². The molecule has 0 aromatic heterocycles. The Kier molecular flexibility index (Phi) is 4.87. The van der Waals surface area contributed by atoms with E-state index in [1.54, 1.807) is 0 Å². The standard InChI is InChI=1S/C19H21ClN2O/c1-13-2-4-14(5-3-13)12-21-19(23)22-18(15-6-7-15)16-8-10-17(20)11-9-16/h2-5,8-11,15,18H,6-7,12H2,1H3,(H2,21,22,23)/t18-/m1/s1. The minimum absolute atomic E-state index is 0.0604. The van der Waals surface area contributed by atoms with Gasteiger partial charge in [0.25, 0.3) is 0 Å². The summed E-state index contributed by atoms with van der Waals surface area (Å²) in [5, 5.41) is 6.75. The van der Waals surface area contributed by atoms with E-state index in [2.05, 4.69) is 29.7 Å². The molecule has 23 heavy (non-hydrogen) atoms. The number of amides is 2. The zero-order valence-corrected chi connectivity index (χ0v) is 13.9. The van der Waals surface area contributed by atoms with Gasteiger partial charge in [0.2, 0.25) is 0 Å². The third-order valence-corrected chi connectivity index (χ3v) is 4.43. The Morgan fingerprint density at radius 3 is 2.39 bits per heavy atom. The average Bonchev–Trinajstić information content (AvgIpc) is 3.38. The van der Waals surface area contributed by atoms with E-state index < -0.39 is 0 Å². The van der Waals surface area contributed by atoms with Crippen LogP contribution in [0.25, 0.3) is 0 Å². The molecule has 4 heteroatoms. The maximum absolute atomic E-state index is 12.2. The Bertz CT molecular complexity index is 663. The molecule has 2 aromatic rings. The molecule has 0 aliphatic heterocycles. The van der Waals surface area contributed by atoms with Crippen LogP contribution in [0.5, 0.6) is 0 Å². The maximum Gasteiger partial charge on any atom is 0.315 e. The van der Waals surface area contributed by atoms with Crippen molar-refractivity contribution in [1.29, 1.82) is 0 Å². The molecular weight excluding hydrogens is 308 g/mol. The lowest BCUT2D eigenvalue weighted by atomic mass is 10.0. The number of carbonyl (C=O) groups is 1. The first kappa shape index (κ1) is 15.9. The monoisotopic (exact) mass is 328 g/mol. The van der Waals surface area contributed by atoms with Gasteiger partial charge in [0.15, 0.2) is 0 Å². The topological polar surface area (TPSA) is 41.1 Å². The largest absolute Gasteiger partial charge is 0.334 e. The minimum atomic E-state index is -0.127. The normalized spacial score (nSPS) is 15.0. The third kappa shape index (κ3) is 4.49. The quantitative estimate of drug-likeness (QED) is 0.827. The SMILES string of the molecule is Cc1ccc(CNC(=O)N[C@@H](c2ccc(Cl)cc2)C2CC2)cc1. The fourth-order valence-electron chi connectivity index (χ4n) is 2.65. The van der Waals surface area contributed by atoms with E-state index in [-0.39, 0.29) is 12.1 Å². The van der Waals surface area contributed by atoms with Gasteiger partial charge in [0.1, 0.15) is 0 Å². The third-order valence-electron chi connectivity index (χ3n) is 4.18. The van der Waals surface area contributed by atoms with E-state index in [9.17, 15) is 4.79 Å². The van der Waals surface area contributed by atoms with Gasteiger partial charge in [0.05, 0.1) is 6.04 Å². The lowest BCUT2D eigenvalue weighted by molar-refractivity contribution is 0.235. The zero-order chi connectivity index (χ0) is 16.2. The summed E-state index contributed by atoms with van der Waals surface area (Å²) in [6.45, 7) is 2.58. The van der Waals surface area contributed by atoms with Crippen molar-refractivity contribution in [3.05, 3.63) is 70.2 Å². The van der Waals surface area contributed by atoms with Gasteiger partial charge in [0, 0.05) is 11.6 Å². The van der Waals surface area contributed by atoms with Crippen LogP contribution in [-0.4, -0.2) is 6.03 Å². The highest BCUT2D eigenvalue weighted by Crippen LogP contribution is 2.41. The predicted molar refractivity (Wildman–Crippen MR) is 93.5 cm³/mol. The Hall–Kier alpha value is -2.00. The summed E-state index contributed by atoms with van der Waals surface area (Å²) >= 11 is 5.95. The van der Waals surface area contributed by atoms with Crippen molar-refractivity contribution in [2.75, 3.05) is 0 Å². The number of carbonyl (C=O) groups excluding carboxylic acids is 1. The van der Waals surface area contributed by atoms with Crippen LogP contribution < -0.4 is 10.6 Å². The molecule has 1 aliphatic carbocycles. The molecule has 2 aromatic carbocycles. The molecule has 0 radical (unpaired) electrons. The number of benzene rings is 2. The van der Waals surface area contributed by atoms with Gasteiger partial charge in [-0.2, -0.15) is 0 Å². The van der Waals surface area contributed by atoms with Gasteiger partial charge < -0.3 is 10.6 Å². The van der Waals surface area contributed by atoms with Crippen molar-refractivity contribution in [1.82, 2.24) is 10.6 Å². The van der Waals surface area contributed by atoms with E-state index >= 15 is 0 Å². The van der Waals surface area contributed by atoms with Crippen LogP contribution in [0, 0.1) is 12.8 Å². The van der Waals surface area contributed by atoms with E-state index in [1.807, 2.05) is 36.4 Å². The summed E-state index contributed by atoms with van der Waals surface area (Å²) in [7, 11) is 0. The molecule has 0 heterocycles. The Morgan fingerprint density at radius 2 is 1.78 bits per heavy atom. The molecule has 1 fully saturated rings. The number of hydrogen-bond donors (Lipinski definition) is 2. The van der Waals surface area contributed by atoms with Crippen LogP contribution in [0.2, 0.25) is 5.02 Å². The summed E-state index contributed by atoms with van der Waals surface area (Å²) < 4.78 is 0. The fraction of sp³-hybridized carbons (Fsp3) is 0.316. The maximum atomic E-state index is 12.2. The predicted octanol–water partition coefficient (Wildman–Crippen LogP) is 4.60. The van der Waals surface area contributed by atoms with Crippen LogP contribution in [0.3, 0.4) is 0 Å². The van der Waals surface area contributed by atoms with E-state index in [4.69, 9.17) is 11.6 Å². The first-order valence-electron chi connectivity index (χ1n) is 7.97. The zero-order valence-electron chi connectivity index (χ0n) is 13.2. The molecular formula is C19H21ClN2O.